The van der Waals surface area contributed by atoms with Crippen molar-refractivity contribution in [3.8, 4) is 0 Å². The van der Waals surface area contributed by atoms with E-state index in [2.05, 4.69) is 9.80 Å². The number of nitrogens with zero attached hydrogens (tertiary/aromatic N) is 2. The van der Waals surface area contributed by atoms with Gasteiger partial charge in [-0.25, -0.2) is 4.39 Å². The van der Waals surface area contributed by atoms with E-state index in [0.717, 1.165) is 37.3 Å². The molecule has 1 atom stereocenters. The van der Waals surface area contributed by atoms with Crippen LogP contribution in [0.15, 0.2) is 18.2 Å². The van der Waals surface area contributed by atoms with Crippen molar-refractivity contribution in [1.29, 1.82) is 0 Å². The monoisotopic (exact) mass is 252 g/mol. The van der Waals surface area contributed by atoms with E-state index in [1.165, 1.54) is 6.07 Å². The molecule has 0 bridgehead atoms. The van der Waals surface area contributed by atoms with Crippen LogP contribution < -0.4 is 0 Å². The molecule has 1 N–H and O–H groups in total. The van der Waals surface area contributed by atoms with Crippen molar-refractivity contribution in [3.63, 3.8) is 0 Å². The van der Waals surface area contributed by atoms with Gasteiger partial charge in [0.25, 0.3) is 0 Å². The van der Waals surface area contributed by atoms with Gasteiger partial charge in [-0.2, -0.15) is 0 Å². The molecule has 1 aliphatic rings. The molecule has 0 radical (unpaired) electrons. The Morgan fingerprint density at radius 3 is 2.83 bits per heavy atom. The van der Waals surface area contributed by atoms with E-state index in [9.17, 15) is 9.50 Å². The van der Waals surface area contributed by atoms with Crippen LogP contribution in [0.25, 0.3) is 0 Å². The quantitative estimate of drug-likeness (QED) is 0.877. The van der Waals surface area contributed by atoms with Crippen molar-refractivity contribution in [2.75, 3.05) is 33.3 Å². The molecule has 18 heavy (non-hydrogen) atoms. The van der Waals surface area contributed by atoms with E-state index < -0.39 is 0 Å². The van der Waals surface area contributed by atoms with Gasteiger partial charge in [0.15, 0.2) is 0 Å². The molecule has 1 fully saturated rings. The number of aliphatic hydroxyl groups excluding tert-OH is 1. The smallest absolute Gasteiger partial charge is 0.123 e. The fourth-order valence-corrected chi connectivity index (χ4v) is 2.43. The highest BCUT2D eigenvalue weighted by Gasteiger charge is 2.23. The van der Waals surface area contributed by atoms with Gasteiger partial charge in [0, 0.05) is 32.2 Å². The first-order chi connectivity index (χ1) is 8.60. The number of hydrogen-bond acceptors (Lipinski definition) is 3. The van der Waals surface area contributed by atoms with E-state index in [-0.39, 0.29) is 18.5 Å². The van der Waals surface area contributed by atoms with E-state index in [1.54, 1.807) is 6.07 Å². The largest absolute Gasteiger partial charge is 0.395 e. The Hall–Kier alpha value is -0.970. The molecule has 3 nitrogen and oxygen atoms in total. The molecule has 0 unspecified atom stereocenters. The zero-order chi connectivity index (χ0) is 13.1. The Kier molecular flexibility index (Phi) is 4.32. The van der Waals surface area contributed by atoms with Crippen LogP contribution in [0.4, 0.5) is 4.39 Å². The average Bonchev–Trinajstić information content (AvgIpc) is 2.35. The molecule has 0 aliphatic carbocycles. The Labute approximate surface area is 108 Å². The van der Waals surface area contributed by atoms with Gasteiger partial charge in [0.2, 0.25) is 0 Å². The lowest BCUT2D eigenvalue weighted by molar-refractivity contribution is 0.0539. The number of aliphatic hydroxyl groups is 1. The number of hydrogen-bond donors (Lipinski definition) is 1. The first-order valence-electron chi connectivity index (χ1n) is 6.38. The lowest BCUT2D eigenvalue weighted by Gasteiger charge is -2.38. The standard InChI is InChI=1S/C14H21FN2O/c1-11-7-13(15)4-3-12(11)8-17-6-5-16(2)14(9-17)10-18/h3-4,7,14,18H,5-6,8-10H2,1-2H3/t14-/m0/s1. The highest BCUT2D eigenvalue weighted by atomic mass is 19.1. The van der Waals surface area contributed by atoms with Gasteiger partial charge in [-0.3, -0.25) is 9.80 Å². The maximum atomic E-state index is 13.0. The average molecular weight is 252 g/mol. The molecule has 0 spiro atoms. The molecule has 0 amide bonds. The van der Waals surface area contributed by atoms with Crippen molar-refractivity contribution in [2.45, 2.75) is 19.5 Å². The lowest BCUT2D eigenvalue weighted by atomic mass is 10.1. The van der Waals surface area contributed by atoms with E-state index >= 15 is 0 Å². The van der Waals surface area contributed by atoms with E-state index in [0.29, 0.717) is 0 Å². The molecule has 1 heterocycles. The summed E-state index contributed by atoms with van der Waals surface area (Å²) in [5.74, 6) is -0.178. The SMILES string of the molecule is Cc1cc(F)ccc1CN1CCN(C)[C@H](CO)C1. The Balaban J connectivity index is 2.01. The molecule has 0 aromatic heterocycles. The minimum Gasteiger partial charge on any atom is -0.395 e. The number of piperazine rings is 1. The first kappa shape index (κ1) is 13.5. The summed E-state index contributed by atoms with van der Waals surface area (Å²) in [5, 5.41) is 9.32. The first-order valence-corrected chi connectivity index (χ1v) is 6.38. The topological polar surface area (TPSA) is 26.7 Å². The van der Waals surface area contributed by atoms with Gasteiger partial charge in [-0.05, 0) is 37.2 Å². The van der Waals surface area contributed by atoms with Gasteiger partial charge in [-0.15, -0.1) is 0 Å². The second-order valence-electron chi connectivity index (χ2n) is 5.12. The Morgan fingerprint density at radius 2 is 2.17 bits per heavy atom. The van der Waals surface area contributed by atoms with Crippen molar-refractivity contribution >= 4 is 0 Å². The van der Waals surface area contributed by atoms with Crippen molar-refractivity contribution in [2.24, 2.45) is 0 Å². The molecule has 1 aliphatic heterocycles. The van der Waals surface area contributed by atoms with Gasteiger partial charge in [0.1, 0.15) is 5.82 Å². The van der Waals surface area contributed by atoms with Crippen LogP contribution in [0.2, 0.25) is 0 Å². The maximum absolute atomic E-state index is 13.0. The minimum atomic E-state index is -0.178. The second-order valence-corrected chi connectivity index (χ2v) is 5.12. The normalized spacial score (nSPS) is 22.3. The molecule has 1 saturated heterocycles. The molecule has 4 heteroatoms. The molecule has 1 aromatic rings. The van der Waals surface area contributed by atoms with Gasteiger partial charge in [0.05, 0.1) is 6.61 Å². The Morgan fingerprint density at radius 1 is 1.39 bits per heavy atom. The van der Waals surface area contributed by atoms with Crippen LogP contribution in [-0.4, -0.2) is 54.2 Å². The summed E-state index contributed by atoms with van der Waals surface area (Å²) in [6, 6.07) is 5.16. The molecule has 1 aromatic carbocycles. The van der Waals surface area contributed by atoms with Crippen molar-refractivity contribution < 1.29 is 9.50 Å². The fraction of sp³-hybridized carbons (Fsp3) is 0.571. The third-order valence-electron chi connectivity index (χ3n) is 3.77. The van der Waals surface area contributed by atoms with Crippen LogP contribution in [0.5, 0.6) is 0 Å². The summed E-state index contributed by atoms with van der Waals surface area (Å²) in [4.78, 5) is 4.51. The molecule has 0 saturated carbocycles. The fourth-order valence-electron chi connectivity index (χ4n) is 2.43. The van der Waals surface area contributed by atoms with Crippen LogP contribution in [-0.2, 0) is 6.54 Å². The molecular weight excluding hydrogens is 231 g/mol. The number of likely N-dealkylation sites (N-methyl/N-ethyl adjacent to an activating group) is 1. The number of rotatable bonds is 3. The highest BCUT2D eigenvalue weighted by Crippen LogP contribution is 2.15. The van der Waals surface area contributed by atoms with Crippen LogP contribution in [0, 0.1) is 12.7 Å². The minimum absolute atomic E-state index is 0.178. The highest BCUT2D eigenvalue weighted by molar-refractivity contribution is 5.26. The predicted octanol–water partition coefficient (Wildman–Crippen LogP) is 1.24. The van der Waals surface area contributed by atoms with Crippen LogP contribution in [0.3, 0.4) is 0 Å². The lowest BCUT2D eigenvalue weighted by Crippen LogP contribution is -2.52. The number of benzene rings is 1. The van der Waals surface area contributed by atoms with Crippen molar-refractivity contribution in [1.82, 2.24) is 9.80 Å². The zero-order valence-electron chi connectivity index (χ0n) is 11.1. The zero-order valence-corrected chi connectivity index (χ0v) is 11.1. The van der Waals surface area contributed by atoms with Gasteiger partial charge in [-0.1, -0.05) is 6.07 Å². The maximum Gasteiger partial charge on any atom is 0.123 e. The summed E-state index contributed by atoms with van der Waals surface area (Å²) in [7, 11) is 2.04. The van der Waals surface area contributed by atoms with Crippen LogP contribution >= 0.6 is 0 Å². The summed E-state index contributed by atoms with van der Waals surface area (Å²) in [6.07, 6.45) is 0. The third kappa shape index (κ3) is 3.07. The summed E-state index contributed by atoms with van der Waals surface area (Å²) >= 11 is 0. The van der Waals surface area contributed by atoms with Gasteiger partial charge < -0.3 is 5.11 Å². The number of halogens is 1. The predicted molar refractivity (Wildman–Crippen MR) is 69.9 cm³/mol. The molecule has 100 valence electrons. The molecular formula is C14H21FN2O. The van der Waals surface area contributed by atoms with Crippen molar-refractivity contribution in [3.05, 3.63) is 35.1 Å². The van der Waals surface area contributed by atoms with Crippen LogP contribution in [0.1, 0.15) is 11.1 Å². The number of aryl methyl sites for hydroxylation is 1. The summed E-state index contributed by atoms with van der Waals surface area (Å²) in [6.45, 7) is 5.78. The van der Waals surface area contributed by atoms with E-state index in [4.69, 9.17) is 0 Å². The van der Waals surface area contributed by atoms with E-state index in [1.807, 2.05) is 20.0 Å². The summed E-state index contributed by atoms with van der Waals surface area (Å²) in [5.41, 5.74) is 2.16. The van der Waals surface area contributed by atoms with Gasteiger partial charge >= 0.3 is 0 Å². The second kappa shape index (κ2) is 5.78. The Bertz CT molecular complexity index is 411. The third-order valence-corrected chi connectivity index (χ3v) is 3.77. The summed E-state index contributed by atoms with van der Waals surface area (Å²) < 4.78 is 13.0. The molecule has 2 rings (SSSR count).